The van der Waals surface area contributed by atoms with Gasteiger partial charge in [0.05, 0.1) is 24.0 Å². The van der Waals surface area contributed by atoms with Gasteiger partial charge in [0, 0.05) is 12.2 Å². The Labute approximate surface area is 173 Å². The molecule has 1 amide bonds. The van der Waals surface area contributed by atoms with Crippen LogP contribution < -0.4 is 14.8 Å². The van der Waals surface area contributed by atoms with Gasteiger partial charge in [0.1, 0.15) is 18.1 Å². The Hall–Kier alpha value is -2.74. The number of benzene rings is 2. The summed E-state index contributed by atoms with van der Waals surface area (Å²) in [5, 5.41) is 2.52. The summed E-state index contributed by atoms with van der Waals surface area (Å²) in [6.07, 6.45) is -1.78. The normalized spacial score (nSPS) is 16.3. The largest absolute Gasteiger partial charge is 0.491 e. The minimum Gasteiger partial charge on any atom is -0.491 e. The fourth-order valence-corrected chi connectivity index (χ4v) is 3.00. The molecule has 5 nitrogen and oxygen atoms in total. The van der Waals surface area contributed by atoms with Crippen LogP contribution in [0.1, 0.15) is 42.1 Å². The summed E-state index contributed by atoms with van der Waals surface area (Å²) in [5.74, 6) is 0.240. The Balaban J connectivity index is 1.69. The molecule has 0 aliphatic carbocycles. The molecular weight excluding hydrogens is 399 g/mol. The first kappa shape index (κ1) is 22.0. The van der Waals surface area contributed by atoms with Crippen LogP contribution in [0.15, 0.2) is 42.5 Å². The van der Waals surface area contributed by atoms with Gasteiger partial charge in [-0.25, -0.2) is 0 Å². The molecule has 1 heterocycles. The smallest absolute Gasteiger partial charge is 0.416 e. The van der Waals surface area contributed by atoms with E-state index in [2.05, 4.69) is 5.32 Å². The quantitative estimate of drug-likeness (QED) is 0.626. The van der Waals surface area contributed by atoms with E-state index in [9.17, 15) is 18.0 Å². The van der Waals surface area contributed by atoms with Gasteiger partial charge >= 0.3 is 6.18 Å². The lowest BCUT2D eigenvalue weighted by Crippen LogP contribution is -2.16. The van der Waals surface area contributed by atoms with Crippen LogP contribution in [0.4, 0.5) is 18.9 Å². The predicted octanol–water partition coefficient (Wildman–Crippen LogP) is 5.30. The molecule has 2 aromatic carbocycles. The number of rotatable bonds is 8. The molecular formula is C22H24F3NO4. The van der Waals surface area contributed by atoms with E-state index in [1.165, 1.54) is 6.07 Å². The Morgan fingerprint density at radius 1 is 1.17 bits per heavy atom. The summed E-state index contributed by atoms with van der Waals surface area (Å²) in [7, 11) is 0. The summed E-state index contributed by atoms with van der Waals surface area (Å²) in [6, 6.07) is 9.43. The van der Waals surface area contributed by atoms with E-state index in [0.717, 1.165) is 31.6 Å². The second kappa shape index (κ2) is 9.84. The molecule has 1 N–H and O–H groups in total. The summed E-state index contributed by atoms with van der Waals surface area (Å²) < 4.78 is 55.8. The number of carbonyl (C=O) groups excluding carboxylic acids is 1. The highest BCUT2D eigenvalue weighted by Gasteiger charge is 2.31. The molecule has 30 heavy (non-hydrogen) atoms. The summed E-state index contributed by atoms with van der Waals surface area (Å²) in [4.78, 5) is 12.6. The predicted molar refractivity (Wildman–Crippen MR) is 106 cm³/mol. The maximum atomic E-state index is 13.1. The zero-order valence-corrected chi connectivity index (χ0v) is 16.6. The number of halogens is 3. The Kier molecular flexibility index (Phi) is 7.20. The van der Waals surface area contributed by atoms with E-state index >= 15 is 0 Å². The molecule has 1 atom stereocenters. The van der Waals surface area contributed by atoms with Crippen LogP contribution in [-0.2, 0) is 10.9 Å². The molecule has 1 saturated heterocycles. The lowest BCUT2D eigenvalue weighted by Gasteiger charge is -2.15. The van der Waals surface area contributed by atoms with Crippen molar-refractivity contribution in [1.29, 1.82) is 0 Å². The first-order valence-electron chi connectivity index (χ1n) is 9.86. The van der Waals surface area contributed by atoms with Gasteiger partial charge in [0.2, 0.25) is 0 Å². The van der Waals surface area contributed by atoms with Gasteiger partial charge in [-0.05, 0) is 61.7 Å². The fourth-order valence-electron chi connectivity index (χ4n) is 3.00. The molecule has 1 fully saturated rings. The Morgan fingerprint density at radius 3 is 2.57 bits per heavy atom. The number of alkyl halides is 3. The van der Waals surface area contributed by atoms with Crippen LogP contribution in [-0.4, -0.2) is 31.8 Å². The summed E-state index contributed by atoms with van der Waals surface area (Å²) in [6.45, 7) is 3.39. The number of ether oxygens (including phenoxy) is 3. The third-order valence-electron chi connectivity index (χ3n) is 4.59. The highest BCUT2D eigenvalue weighted by Crippen LogP contribution is 2.35. The molecule has 1 aliphatic rings. The zero-order chi connectivity index (χ0) is 21.6. The monoisotopic (exact) mass is 423 g/mol. The van der Waals surface area contributed by atoms with Gasteiger partial charge in [-0.15, -0.1) is 0 Å². The Bertz CT molecular complexity index is 846. The molecule has 0 aromatic heterocycles. The lowest BCUT2D eigenvalue weighted by atomic mass is 10.1. The van der Waals surface area contributed by atoms with Gasteiger partial charge in [-0.3, -0.25) is 4.79 Å². The standard InChI is InChI=1S/C22H24F3NO4/c1-2-11-29-20-10-7-16(22(23,24)25)13-19(20)26-21(27)15-5-8-17(9-6-15)30-14-18-4-3-12-28-18/h5-10,13,18H,2-4,11-12,14H2,1H3,(H,26,27). The van der Waals surface area contributed by atoms with Crippen LogP contribution in [0, 0.1) is 0 Å². The van der Waals surface area contributed by atoms with Crippen molar-refractivity contribution < 1.29 is 32.2 Å². The average molecular weight is 423 g/mol. The molecule has 0 radical (unpaired) electrons. The third-order valence-corrected chi connectivity index (χ3v) is 4.59. The highest BCUT2D eigenvalue weighted by molar-refractivity contribution is 6.05. The minimum atomic E-state index is -4.52. The Morgan fingerprint density at radius 2 is 1.93 bits per heavy atom. The number of amides is 1. The van der Waals surface area contributed by atoms with E-state index in [1.807, 2.05) is 6.92 Å². The van der Waals surface area contributed by atoms with Crippen molar-refractivity contribution in [3.8, 4) is 11.5 Å². The van der Waals surface area contributed by atoms with Gasteiger partial charge in [-0.1, -0.05) is 6.92 Å². The van der Waals surface area contributed by atoms with Crippen LogP contribution in [0.3, 0.4) is 0 Å². The number of hydrogen-bond acceptors (Lipinski definition) is 4. The molecule has 0 saturated carbocycles. The van der Waals surface area contributed by atoms with Crippen LogP contribution >= 0.6 is 0 Å². The number of hydrogen-bond donors (Lipinski definition) is 1. The second-order valence-electron chi connectivity index (χ2n) is 6.98. The van der Waals surface area contributed by atoms with E-state index in [0.29, 0.717) is 30.9 Å². The molecule has 162 valence electrons. The molecule has 0 spiro atoms. The maximum absolute atomic E-state index is 13.1. The highest BCUT2D eigenvalue weighted by atomic mass is 19.4. The average Bonchev–Trinajstić information content (AvgIpc) is 3.24. The van der Waals surface area contributed by atoms with Crippen molar-refractivity contribution in [2.45, 2.75) is 38.5 Å². The van der Waals surface area contributed by atoms with Crippen molar-refractivity contribution in [3.05, 3.63) is 53.6 Å². The SMILES string of the molecule is CCCOc1ccc(C(F)(F)F)cc1NC(=O)c1ccc(OCC2CCCO2)cc1. The van der Waals surface area contributed by atoms with Crippen LogP contribution in [0.5, 0.6) is 11.5 Å². The molecule has 2 aromatic rings. The van der Waals surface area contributed by atoms with Gasteiger partial charge in [-0.2, -0.15) is 13.2 Å². The van der Waals surface area contributed by atoms with Crippen LogP contribution in [0.25, 0.3) is 0 Å². The van der Waals surface area contributed by atoms with Gasteiger partial charge < -0.3 is 19.5 Å². The van der Waals surface area contributed by atoms with E-state index in [4.69, 9.17) is 14.2 Å². The molecule has 1 aliphatic heterocycles. The fraction of sp³-hybridized carbons (Fsp3) is 0.409. The minimum absolute atomic E-state index is 0.0259. The third kappa shape index (κ3) is 5.89. The summed E-state index contributed by atoms with van der Waals surface area (Å²) >= 11 is 0. The van der Waals surface area contributed by atoms with E-state index in [-0.39, 0.29) is 17.5 Å². The number of carbonyl (C=O) groups is 1. The second-order valence-corrected chi connectivity index (χ2v) is 6.98. The lowest BCUT2D eigenvalue weighted by molar-refractivity contribution is -0.137. The number of anilines is 1. The van der Waals surface area contributed by atoms with Crippen molar-refractivity contribution in [2.24, 2.45) is 0 Å². The van der Waals surface area contributed by atoms with Crippen molar-refractivity contribution in [3.63, 3.8) is 0 Å². The van der Waals surface area contributed by atoms with E-state index < -0.39 is 17.6 Å². The topological polar surface area (TPSA) is 56.8 Å². The summed E-state index contributed by atoms with van der Waals surface area (Å²) in [5.41, 5.74) is -0.597. The molecule has 0 bridgehead atoms. The molecule has 1 unspecified atom stereocenters. The molecule has 3 rings (SSSR count). The van der Waals surface area contributed by atoms with Crippen molar-refractivity contribution in [2.75, 3.05) is 25.1 Å². The first-order chi connectivity index (χ1) is 14.4. The van der Waals surface area contributed by atoms with Crippen molar-refractivity contribution in [1.82, 2.24) is 0 Å². The molecule has 8 heteroatoms. The van der Waals surface area contributed by atoms with E-state index in [1.54, 1.807) is 24.3 Å². The van der Waals surface area contributed by atoms with Gasteiger partial charge in [0.25, 0.3) is 5.91 Å². The number of nitrogens with one attached hydrogen (secondary N) is 1. The van der Waals surface area contributed by atoms with Crippen LogP contribution in [0.2, 0.25) is 0 Å². The first-order valence-corrected chi connectivity index (χ1v) is 9.86. The maximum Gasteiger partial charge on any atom is 0.416 e. The zero-order valence-electron chi connectivity index (χ0n) is 16.6. The van der Waals surface area contributed by atoms with Gasteiger partial charge in [0.15, 0.2) is 0 Å². The van der Waals surface area contributed by atoms with Crippen molar-refractivity contribution >= 4 is 11.6 Å².